The van der Waals surface area contributed by atoms with Gasteiger partial charge in [-0.3, -0.25) is 9.69 Å². The van der Waals surface area contributed by atoms with E-state index in [4.69, 9.17) is 0 Å². The van der Waals surface area contributed by atoms with Gasteiger partial charge < -0.3 is 4.90 Å². The van der Waals surface area contributed by atoms with Gasteiger partial charge in [0.1, 0.15) is 5.69 Å². The Hall–Kier alpha value is -3.19. The lowest BCUT2D eigenvalue weighted by molar-refractivity contribution is -0.141. The minimum atomic E-state index is -4.53. The molecule has 0 radical (unpaired) electrons. The molecule has 0 saturated carbocycles. The van der Waals surface area contributed by atoms with Crippen LogP contribution in [0.1, 0.15) is 38.9 Å². The van der Waals surface area contributed by atoms with Crippen molar-refractivity contribution in [2.45, 2.75) is 19.1 Å². The second-order valence-corrected chi connectivity index (χ2v) is 7.88. The summed E-state index contributed by atoms with van der Waals surface area (Å²) >= 11 is 0. The fourth-order valence-electron chi connectivity index (χ4n) is 4.18. The Bertz CT molecular complexity index is 1020. The van der Waals surface area contributed by atoms with Crippen LogP contribution in [-0.2, 0) is 6.18 Å². The molecule has 2 aromatic carbocycles. The van der Waals surface area contributed by atoms with E-state index in [1.165, 1.54) is 24.1 Å². The number of alkyl halides is 3. The highest BCUT2D eigenvalue weighted by Crippen LogP contribution is 2.31. The summed E-state index contributed by atoms with van der Waals surface area (Å²) in [6.45, 7) is 3.76. The van der Waals surface area contributed by atoms with Crippen molar-refractivity contribution in [3.63, 3.8) is 0 Å². The third-order valence-corrected chi connectivity index (χ3v) is 5.80. The minimum Gasteiger partial charge on any atom is -0.336 e. The highest BCUT2D eigenvalue weighted by Gasteiger charge is 2.34. The van der Waals surface area contributed by atoms with E-state index in [1.807, 2.05) is 36.4 Å². The van der Waals surface area contributed by atoms with Crippen LogP contribution in [0, 0.1) is 6.92 Å². The van der Waals surface area contributed by atoms with Crippen LogP contribution in [0.15, 0.2) is 72.8 Å². The number of hydrogen-bond donors (Lipinski definition) is 0. The predicted octanol–water partition coefficient (Wildman–Crippen LogP) is 4.96. The fraction of sp³-hybridized carbons (Fsp3) is 0.280. The lowest BCUT2D eigenvalue weighted by Gasteiger charge is -2.40. The molecule has 0 spiro atoms. The van der Waals surface area contributed by atoms with Crippen molar-refractivity contribution in [1.82, 2.24) is 14.8 Å². The lowest BCUT2D eigenvalue weighted by atomic mass is 9.96. The summed E-state index contributed by atoms with van der Waals surface area (Å²) in [4.78, 5) is 20.6. The maximum atomic E-state index is 13.0. The summed E-state index contributed by atoms with van der Waals surface area (Å²) in [5, 5.41) is 0. The molecule has 166 valence electrons. The number of benzene rings is 2. The molecular formula is C25H24F3N3O. The molecule has 2 heterocycles. The van der Waals surface area contributed by atoms with E-state index in [0.717, 1.165) is 6.07 Å². The quantitative estimate of drug-likeness (QED) is 0.577. The monoisotopic (exact) mass is 439 g/mol. The Kier molecular flexibility index (Phi) is 6.28. The Morgan fingerprint density at radius 3 is 1.84 bits per heavy atom. The molecule has 1 aliphatic heterocycles. The van der Waals surface area contributed by atoms with Gasteiger partial charge in [0, 0.05) is 26.2 Å². The first-order valence-corrected chi connectivity index (χ1v) is 10.5. The second kappa shape index (κ2) is 9.12. The lowest BCUT2D eigenvalue weighted by Crippen LogP contribution is -2.50. The van der Waals surface area contributed by atoms with Crippen molar-refractivity contribution in [2.24, 2.45) is 0 Å². The van der Waals surface area contributed by atoms with E-state index in [9.17, 15) is 18.0 Å². The SMILES string of the molecule is Cc1nc(C(F)(F)F)ccc1C(=O)N1CCN(C(c2ccccc2)c2ccccc2)CC1. The number of aromatic nitrogens is 1. The van der Waals surface area contributed by atoms with Crippen LogP contribution >= 0.6 is 0 Å². The summed E-state index contributed by atoms with van der Waals surface area (Å²) in [7, 11) is 0. The zero-order chi connectivity index (χ0) is 22.7. The van der Waals surface area contributed by atoms with Crippen LogP contribution in [0.2, 0.25) is 0 Å². The van der Waals surface area contributed by atoms with Gasteiger partial charge in [-0.05, 0) is 30.2 Å². The van der Waals surface area contributed by atoms with Gasteiger partial charge in [-0.15, -0.1) is 0 Å². The van der Waals surface area contributed by atoms with Gasteiger partial charge >= 0.3 is 6.18 Å². The van der Waals surface area contributed by atoms with Gasteiger partial charge in [0.05, 0.1) is 17.3 Å². The zero-order valence-corrected chi connectivity index (χ0v) is 17.7. The third-order valence-electron chi connectivity index (χ3n) is 5.80. The summed E-state index contributed by atoms with van der Waals surface area (Å²) in [5.74, 6) is -0.278. The Labute approximate surface area is 185 Å². The number of carbonyl (C=O) groups excluding carboxylic acids is 1. The number of piperazine rings is 1. The number of hydrogen-bond acceptors (Lipinski definition) is 3. The van der Waals surface area contributed by atoms with Crippen molar-refractivity contribution in [1.29, 1.82) is 0 Å². The average Bonchev–Trinajstić information content (AvgIpc) is 2.80. The van der Waals surface area contributed by atoms with Crippen molar-refractivity contribution >= 4 is 5.91 Å². The van der Waals surface area contributed by atoms with Gasteiger partial charge in [0.2, 0.25) is 0 Å². The van der Waals surface area contributed by atoms with E-state index < -0.39 is 11.9 Å². The molecule has 0 N–H and O–H groups in total. The highest BCUT2D eigenvalue weighted by atomic mass is 19.4. The summed E-state index contributed by atoms with van der Waals surface area (Å²) in [5.41, 5.74) is 1.69. The topological polar surface area (TPSA) is 36.4 Å². The molecule has 1 fully saturated rings. The molecule has 1 saturated heterocycles. The molecule has 1 aliphatic rings. The van der Waals surface area contributed by atoms with Gasteiger partial charge in [0.15, 0.2) is 0 Å². The van der Waals surface area contributed by atoms with Gasteiger partial charge in [-0.1, -0.05) is 60.7 Å². The third kappa shape index (κ3) is 4.67. The molecule has 0 bridgehead atoms. The standard InChI is InChI=1S/C25H24F3N3O/c1-18-21(12-13-22(29-18)25(26,27)28)24(32)31-16-14-30(15-17-31)23(19-8-4-2-5-9-19)20-10-6-3-7-11-20/h2-13,23H,14-17H2,1H3. The minimum absolute atomic E-state index is 0.0733. The van der Waals surface area contributed by atoms with Crippen molar-refractivity contribution in [3.8, 4) is 0 Å². The van der Waals surface area contributed by atoms with Gasteiger partial charge in [0.25, 0.3) is 5.91 Å². The molecule has 0 aliphatic carbocycles. The average molecular weight is 439 g/mol. The highest BCUT2D eigenvalue weighted by molar-refractivity contribution is 5.95. The summed E-state index contributed by atoms with van der Waals surface area (Å²) in [6.07, 6.45) is -4.53. The number of halogens is 3. The molecular weight excluding hydrogens is 415 g/mol. The Morgan fingerprint density at radius 2 is 1.38 bits per heavy atom. The van der Waals surface area contributed by atoms with Crippen LogP contribution in [0.4, 0.5) is 13.2 Å². The van der Waals surface area contributed by atoms with Crippen LogP contribution in [0.3, 0.4) is 0 Å². The molecule has 32 heavy (non-hydrogen) atoms. The van der Waals surface area contributed by atoms with E-state index in [2.05, 4.69) is 34.1 Å². The van der Waals surface area contributed by atoms with Crippen molar-refractivity contribution in [2.75, 3.05) is 26.2 Å². The zero-order valence-electron chi connectivity index (χ0n) is 17.7. The number of carbonyl (C=O) groups is 1. The molecule has 0 unspecified atom stereocenters. The van der Waals surface area contributed by atoms with E-state index >= 15 is 0 Å². The number of pyridine rings is 1. The van der Waals surface area contributed by atoms with Crippen molar-refractivity contribution in [3.05, 3.63) is 101 Å². The van der Waals surface area contributed by atoms with Crippen molar-refractivity contribution < 1.29 is 18.0 Å². The van der Waals surface area contributed by atoms with E-state index in [-0.39, 0.29) is 23.2 Å². The van der Waals surface area contributed by atoms with Gasteiger partial charge in [-0.25, -0.2) is 4.98 Å². The first kappa shape index (κ1) is 22.0. The van der Waals surface area contributed by atoms with Gasteiger partial charge in [-0.2, -0.15) is 13.2 Å². The largest absolute Gasteiger partial charge is 0.433 e. The number of rotatable bonds is 4. The van der Waals surface area contributed by atoms with Crippen LogP contribution in [0.5, 0.6) is 0 Å². The fourth-order valence-corrected chi connectivity index (χ4v) is 4.18. The Balaban J connectivity index is 1.50. The van der Waals surface area contributed by atoms with E-state index in [0.29, 0.717) is 26.2 Å². The number of amides is 1. The van der Waals surface area contributed by atoms with E-state index in [1.54, 1.807) is 4.90 Å². The first-order valence-electron chi connectivity index (χ1n) is 10.5. The van der Waals surface area contributed by atoms with Crippen LogP contribution in [0.25, 0.3) is 0 Å². The number of aryl methyl sites for hydroxylation is 1. The van der Waals surface area contributed by atoms with Crippen LogP contribution < -0.4 is 0 Å². The number of nitrogens with zero attached hydrogens (tertiary/aromatic N) is 3. The maximum absolute atomic E-state index is 13.0. The predicted molar refractivity (Wildman–Crippen MR) is 116 cm³/mol. The second-order valence-electron chi connectivity index (χ2n) is 7.88. The molecule has 3 aromatic rings. The molecule has 4 nitrogen and oxygen atoms in total. The molecule has 0 atom stereocenters. The summed E-state index contributed by atoms with van der Waals surface area (Å²) in [6, 6.07) is 22.6. The smallest absolute Gasteiger partial charge is 0.336 e. The molecule has 7 heteroatoms. The Morgan fingerprint density at radius 1 is 0.844 bits per heavy atom. The summed E-state index contributed by atoms with van der Waals surface area (Å²) < 4.78 is 38.7. The maximum Gasteiger partial charge on any atom is 0.433 e. The molecule has 1 aromatic heterocycles. The van der Waals surface area contributed by atoms with Crippen LogP contribution in [-0.4, -0.2) is 46.9 Å². The first-order chi connectivity index (χ1) is 15.3. The molecule has 4 rings (SSSR count). The molecule has 1 amide bonds. The normalized spacial score (nSPS) is 15.2.